The van der Waals surface area contributed by atoms with E-state index in [0.29, 0.717) is 5.95 Å². The molecule has 0 fully saturated rings. The van der Waals surface area contributed by atoms with Crippen LogP contribution in [0.25, 0.3) is 0 Å². The number of hydrogen-bond acceptors (Lipinski definition) is 5. The molecule has 0 unspecified atom stereocenters. The molecule has 0 aliphatic heterocycles. The first-order valence-electron chi connectivity index (χ1n) is 5.92. The molecule has 1 aromatic carbocycles. The molecule has 2 N–H and O–H groups in total. The van der Waals surface area contributed by atoms with Gasteiger partial charge in [-0.15, -0.1) is 0 Å². The highest BCUT2D eigenvalue weighted by atomic mass is 19.4. The lowest BCUT2D eigenvalue weighted by molar-refractivity contribution is -0.138. The van der Waals surface area contributed by atoms with Gasteiger partial charge in [0, 0.05) is 32.0 Å². The maximum atomic E-state index is 13.0. The van der Waals surface area contributed by atoms with Crippen LogP contribution in [0.3, 0.4) is 0 Å². The Morgan fingerprint density at radius 1 is 1.19 bits per heavy atom. The lowest BCUT2D eigenvalue weighted by Gasteiger charge is -2.15. The molecule has 1 aromatic heterocycles. The van der Waals surface area contributed by atoms with E-state index in [0.717, 1.165) is 12.1 Å². The summed E-state index contributed by atoms with van der Waals surface area (Å²) in [7, 11) is 3.42. The van der Waals surface area contributed by atoms with Gasteiger partial charge < -0.3 is 15.4 Å². The second kappa shape index (κ2) is 5.47. The smallest absolute Gasteiger partial charge is 0.420 e. The lowest BCUT2D eigenvalue weighted by atomic mass is 10.1. The number of hydrogen-bond donors (Lipinski definition) is 1. The molecule has 0 radical (unpaired) electrons. The molecule has 0 amide bonds. The average molecular weight is 298 g/mol. The fourth-order valence-electron chi connectivity index (χ4n) is 1.58. The minimum absolute atomic E-state index is 0.00587. The van der Waals surface area contributed by atoms with Gasteiger partial charge in [0.05, 0.1) is 0 Å². The zero-order chi connectivity index (χ0) is 15.6. The topological polar surface area (TPSA) is 64.3 Å². The summed E-state index contributed by atoms with van der Waals surface area (Å²) in [5, 5.41) is 0. The van der Waals surface area contributed by atoms with Gasteiger partial charge in [-0.05, 0) is 18.2 Å². The normalized spacial score (nSPS) is 11.3. The molecule has 0 spiro atoms. The zero-order valence-corrected chi connectivity index (χ0v) is 11.3. The van der Waals surface area contributed by atoms with Gasteiger partial charge in [-0.3, -0.25) is 0 Å². The number of anilines is 2. The molecule has 0 saturated heterocycles. The van der Waals surface area contributed by atoms with Crippen LogP contribution in [-0.4, -0.2) is 24.1 Å². The van der Waals surface area contributed by atoms with Crippen LogP contribution < -0.4 is 15.4 Å². The first-order chi connectivity index (χ1) is 9.77. The average Bonchev–Trinajstić information content (AvgIpc) is 2.40. The second-order valence-electron chi connectivity index (χ2n) is 4.44. The second-order valence-corrected chi connectivity index (χ2v) is 4.44. The van der Waals surface area contributed by atoms with Crippen LogP contribution in [0.2, 0.25) is 0 Å². The summed E-state index contributed by atoms with van der Waals surface area (Å²) >= 11 is 0. The highest BCUT2D eigenvalue weighted by Gasteiger charge is 2.35. The van der Waals surface area contributed by atoms with Crippen LogP contribution >= 0.6 is 0 Å². The van der Waals surface area contributed by atoms with Crippen molar-refractivity contribution in [3.05, 3.63) is 36.0 Å². The molecule has 112 valence electrons. The molecule has 1 heterocycles. The predicted molar refractivity (Wildman–Crippen MR) is 72.3 cm³/mol. The minimum atomic E-state index is -4.57. The van der Waals surface area contributed by atoms with E-state index in [1.165, 1.54) is 18.3 Å². The Balaban J connectivity index is 2.38. The fourth-order valence-corrected chi connectivity index (χ4v) is 1.58. The Morgan fingerprint density at radius 3 is 2.52 bits per heavy atom. The van der Waals surface area contributed by atoms with Crippen molar-refractivity contribution in [1.29, 1.82) is 0 Å². The molecule has 21 heavy (non-hydrogen) atoms. The minimum Gasteiger partial charge on any atom is -0.438 e. The summed E-state index contributed by atoms with van der Waals surface area (Å²) in [5.74, 6) is -0.0134. The van der Waals surface area contributed by atoms with E-state index in [1.807, 2.05) is 0 Å². The first kappa shape index (κ1) is 14.9. The quantitative estimate of drug-likeness (QED) is 0.883. The zero-order valence-electron chi connectivity index (χ0n) is 11.3. The molecule has 0 saturated carbocycles. The van der Waals surface area contributed by atoms with Crippen LogP contribution in [0.1, 0.15) is 5.56 Å². The maximum Gasteiger partial charge on any atom is 0.420 e. The molecule has 2 aromatic rings. The number of halogens is 3. The predicted octanol–water partition coefficient (Wildman–Crippen LogP) is 2.94. The maximum absolute atomic E-state index is 13.0. The summed E-state index contributed by atoms with van der Waals surface area (Å²) in [4.78, 5) is 9.58. The van der Waals surface area contributed by atoms with Crippen molar-refractivity contribution < 1.29 is 17.9 Å². The summed E-state index contributed by atoms with van der Waals surface area (Å²) in [5.41, 5.74) is 4.45. The van der Waals surface area contributed by atoms with E-state index in [1.54, 1.807) is 19.0 Å². The standard InChI is InChI=1S/C13H13F3N4O/c1-20(2)12-18-6-5-11(19-12)21-10-4-3-8(17)7-9(10)13(14,15)16/h3-7H,17H2,1-2H3. The van der Waals surface area contributed by atoms with Crippen molar-refractivity contribution in [2.45, 2.75) is 6.18 Å². The number of benzene rings is 1. The molecule has 5 nitrogen and oxygen atoms in total. The van der Waals surface area contributed by atoms with E-state index in [9.17, 15) is 13.2 Å². The van der Waals surface area contributed by atoms with Gasteiger partial charge in [-0.1, -0.05) is 0 Å². The monoisotopic (exact) mass is 298 g/mol. The number of nitrogens with two attached hydrogens (primary N) is 1. The third kappa shape index (κ3) is 3.53. The highest BCUT2D eigenvalue weighted by Crippen LogP contribution is 2.38. The Bertz CT molecular complexity index is 644. The Hall–Kier alpha value is -2.51. The van der Waals surface area contributed by atoms with Crippen molar-refractivity contribution >= 4 is 11.6 Å². The number of rotatable bonds is 3. The van der Waals surface area contributed by atoms with Crippen LogP contribution in [0.4, 0.5) is 24.8 Å². The lowest BCUT2D eigenvalue weighted by Crippen LogP contribution is -2.13. The fraction of sp³-hybridized carbons (Fsp3) is 0.231. The molecule has 0 atom stereocenters. The largest absolute Gasteiger partial charge is 0.438 e. The van der Waals surface area contributed by atoms with Crippen molar-refractivity contribution in [2.75, 3.05) is 24.7 Å². The number of aromatic nitrogens is 2. The molecule has 0 bridgehead atoms. The molecule has 0 aliphatic carbocycles. The molecular weight excluding hydrogens is 285 g/mol. The van der Waals surface area contributed by atoms with E-state index < -0.39 is 11.7 Å². The summed E-state index contributed by atoms with van der Waals surface area (Å²) in [6, 6.07) is 4.70. The molecular formula is C13H13F3N4O. The van der Waals surface area contributed by atoms with Gasteiger partial charge >= 0.3 is 6.18 Å². The summed E-state index contributed by atoms with van der Waals surface area (Å²) in [6.07, 6.45) is -3.16. The molecule has 0 aliphatic rings. The van der Waals surface area contributed by atoms with E-state index in [-0.39, 0.29) is 17.3 Å². The Labute approximate surface area is 119 Å². The van der Waals surface area contributed by atoms with Crippen molar-refractivity contribution in [3.8, 4) is 11.6 Å². The summed E-state index contributed by atoms with van der Waals surface area (Å²) < 4.78 is 44.1. The number of nitrogens with zero attached hydrogens (tertiary/aromatic N) is 3. The Morgan fingerprint density at radius 2 is 1.90 bits per heavy atom. The Kier molecular flexibility index (Phi) is 3.88. The van der Waals surface area contributed by atoms with Crippen molar-refractivity contribution in [1.82, 2.24) is 9.97 Å². The first-order valence-corrected chi connectivity index (χ1v) is 5.92. The SMILES string of the molecule is CN(C)c1nccc(Oc2ccc(N)cc2C(F)(F)F)n1. The van der Waals surface area contributed by atoms with Gasteiger partial charge in [0.25, 0.3) is 0 Å². The van der Waals surface area contributed by atoms with Crippen LogP contribution in [0.15, 0.2) is 30.5 Å². The van der Waals surface area contributed by atoms with E-state index >= 15 is 0 Å². The molecule has 2 rings (SSSR count). The van der Waals surface area contributed by atoms with Crippen molar-refractivity contribution in [2.24, 2.45) is 0 Å². The van der Waals surface area contributed by atoms with Crippen LogP contribution in [-0.2, 0) is 6.18 Å². The number of nitrogen functional groups attached to an aromatic ring is 1. The van der Waals surface area contributed by atoms with E-state index in [4.69, 9.17) is 10.5 Å². The van der Waals surface area contributed by atoms with Gasteiger partial charge in [-0.25, -0.2) is 4.98 Å². The molecule has 8 heteroatoms. The van der Waals surface area contributed by atoms with Gasteiger partial charge in [0.15, 0.2) is 0 Å². The third-order valence-electron chi connectivity index (χ3n) is 2.54. The van der Waals surface area contributed by atoms with Gasteiger partial charge in [0.1, 0.15) is 11.3 Å². The van der Waals surface area contributed by atoms with Gasteiger partial charge in [0.2, 0.25) is 11.8 Å². The van der Waals surface area contributed by atoms with Crippen molar-refractivity contribution in [3.63, 3.8) is 0 Å². The number of alkyl halides is 3. The highest BCUT2D eigenvalue weighted by molar-refractivity contribution is 5.50. The van der Waals surface area contributed by atoms with Crippen LogP contribution in [0.5, 0.6) is 11.6 Å². The van der Waals surface area contributed by atoms with E-state index in [2.05, 4.69) is 9.97 Å². The number of ether oxygens (including phenoxy) is 1. The third-order valence-corrected chi connectivity index (χ3v) is 2.54. The summed E-state index contributed by atoms with van der Waals surface area (Å²) in [6.45, 7) is 0. The van der Waals surface area contributed by atoms with Gasteiger partial charge in [-0.2, -0.15) is 18.2 Å². The van der Waals surface area contributed by atoms with Crippen LogP contribution in [0, 0.1) is 0 Å².